The summed E-state index contributed by atoms with van der Waals surface area (Å²) in [5.41, 5.74) is 0.606. The molecule has 0 N–H and O–H groups in total. The molecule has 8 nitrogen and oxygen atoms in total. The highest BCUT2D eigenvalue weighted by molar-refractivity contribution is 5.94. The van der Waals surface area contributed by atoms with Gasteiger partial charge >= 0.3 is 0 Å². The van der Waals surface area contributed by atoms with Crippen molar-refractivity contribution in [3.63, 3.8) is 0 Å². The average molecular weight is 382 g/mol. The molecular formula is C20H26N6O2. The molecule has 28 heavy (non-hydrogen) atoms. The van der Waals surface area contributed by atoms with E-state index in [0.717, 1.165) is 37.9 Å². The average Bonchev–Trinajstić information content (AvgIpc) is 2.79. The number of anilines is 2. The maximum absolute atomic E-state index is 12.8. The van der Waals surface area contributed by atoms with E-state index in [-0.39, 0.29) is 5.91 Å². The number of ether oxygens (including phenoxy) is 1. The van der Waals surface area contributed by atoms with E-state index in [2.05, 4.69) is 19.8 Å². The third kappa shape index (κ3) is 4.00. The number of pyridine rings is 1. The summed E-state index contributed by atoms with van der Waals surface area (Å²) >= 11 is 0. The quantitative estimate of drug-likeness (QED) is 0.799. The van der Waals surface area contributed by atoms with E-state index in [1.54, 1.807) is 25.4 Å². The smallest absolute Gasteiger partial charge is 0.254 e. The predicted octanol–water partition coefficient (Wildman–Crippen LogP) is 1.83. The summed E-state index contributed by atoms with van der Waals surface area (Å²) in [4.78, 5) is 32.4. The minimum Gasteiger partial charge on any atom is -0.481 e. The van der Waals surface area contributed by atoms with Crippen molar-refractivity contribution in [2.45, 2.75) is 19.3 Å². The first-order valence-corrected chi connectivity index (χ1v) is 9.87. The first kappa shape index (κ1) is 18.5. The van der Waals surface area contributed by atoms with Gasteiger partial charge in [-0.15, -0.1) is 0 Å². The number of rotatable bonds is 4. The van der Waals surface area contributed by atoms with Gasteiger partial charge in [0.1, 0.15) is 5.82 Å². The van der Waals surface area contributed by atoms with Crippen LogP contribution >= 0.6 is 0 Å². The number of aromatic nitrogens is 3. The standard InChI is InChI=1S/C20H26N6O2/c1-28-18-15-16(5-7-21-18)19(27)25-13-11-24(12-14-25)17-6-8-22-20(23-17)26-9-3-2-4-10-26/h5-8,15H,2-4,9-14H2,1H3. The Kier molecular flexibility index (Phi) is 5.55. The number of carbonyl (C=O) groups excluding carboxylic acids is 1. The molecule has 0 bridgehead atoms. The van der Waals surface area contributed by atoms with Gasteiger partial charge in [-0.25, -0.2) is 9.97 Å². The van der Waals surface area contributed by atoms with Gasteiger partial charge in [0.25, 0.3) is 5.91 Å². The van der Waals surface area contributed by atoms with Crippen LogP contribution in [0.2, 0.25) is 0 Å². The molecule has 4 heterocycles. The van der Waals surface area contributed by atoms with Crippen LogP contribution in [0.15, 0.2) is 30.6 Å². The second kappa shape index (κ2) is 8.41. The molecule has 2 aliphatic heterocycles. The van der Waals surface area contributed by atoms with Crippen LogP contribution in [0, 0.1) is 0 Å². The van der Waals surface area contributed by atoms with Gasteiger partial charge in [-0.3, -0.25) is 4.79 Å². The molecule has 1 amide bonds. The maximum Gasteiger partial charge on any atom is 0.254 e. The highest BCUT2D eigenvalue weighted by atomic mass is 16.5. The molecule has 2 aliphatic rings. The maximum atomic E-state index is 12.8. The number of piperidine rings is 1. The number of nitrogens with zero attached hydrogens (tertiary/aromatic N) is 6. The highest BCUT2D eigenvalue weighted by Crippen LogP contribution is 2.20. The Bertz CT molecular complexity index is 816. The summed E-state index contributed by atoms with van der Waals surface area (Å²) < 4.78 is 5.12. The van der Waals surface area contributed by atoms with E-state index >= 15 is 0 Å². The van der Waals surface area contributed by atoms with Crippen LogP contribution in [-0.4, -0.2) is 72.1 Å². The van der Waals surface area contributed by atoms with Gasteiger partial charge in [0.05, 0.1) is 7.11 Å². The zero-order valence-corrected chi connectivity index (χ0v) is 16.3. The number of carbonyl (C=O) groups is 1. The Labute approximate surface area is 165 Å². The molecule has 0 spiro atoms. The first-order valence-electron chi connectivity index (χ1n) is 9.87. The van der Waals surface area contributed by atoms with Crippen LogP contribution < -0.4 is 14.5 Å². The van der Waals surface area contributed by atoms with Crippen LogP contribution in [0.3, 0.4) is 0 Å². The lowest BCUT2D eigenvalue weighted by atomic mass is 10.1. The molecule has 0 aliphatic carbocycles. The summed E-state index contributed by atoms with van der Waals surface area (Å²) in [7, 11) is 1.55. The fourth-order valence-corrected chi connectivity index (χ4v) is 3.74. The van der Waals surface area contributed by atoms with Crippen molar-refractivity contribution in [1.29, 1.82) is 0 Å². The van der Waals surface area contributed by atoms with Crippen molar-refractivity contribution >= 4 is 17.7 Å². The molecular weight excluding hydrogens is 356 g/mol. The Morgan fingerprint density at radius 1 is 0.929 bits per heavy atom. The molecule has 2 fully saturated rings. The van der Waals surface area contributed by atoms with Crippen molar-refractivity contribution < 1.29 is 9.53 Å². The number of amides is 1. The van der Waals surface area contributed by atoms with E-state index < -0.39 is 0 Å². The lowest BCUT2D eigenvalue weighted by Crippen LogP contribution is -2.49. The number of piperazine rings is 1. The summed E-state index contributed by atoms with van der Waals surface area (Å²) in [5.74, 6) is 2.22. The van der Waals surface area contributed by atoms with Gasteiger partial charge < -0.3 is 19.4 Å². The molecule has 2 aromatic rings. The summed E-state index contributed by atoms with van der Waals surface area (Å²) in [6.07, 6.45) is 7.14. The molecule has 8 heteroatoms. The molecule has 0 aromatic carbocycles. The molecule has 0 radical (unpaired) electrons. The van der Waals surface area contributed by atoms with Crippen molar-refractivity contribution in [2.24, 2.45) is 0 Å². The molecule has 2 saturated heterocycles. The number of methoxy groups -OCH3 is 1. The van der Waals surface area contributed by atoms with Gasteiger partial charge in [0.15, 0.2) is 0 Å². The minimum atomic E-state index is 0.0112. The van der Waals surface area contributed by atoms with Crippen LogP contribution in [0.4, 0.5) is 11.8 Å². The number of hydrogen-bond acceptors (Lipinski definition) is 7. The summed E-state index contributed by atoms with van der Waals surface area (Å²) in [6, 6.07) is 5.37. The lowest BCUT2D eigenvalue weighted by molar-refractivity contribution is 0.0746. The monoisotopic (exact) mass is 382 g/mol. The Morgan fingerprint density at radius 2 is 1.68 bits per heavy atom. The largest absolute Gasteiger partial charge is 0.481 e. The SMILES string of the molecule is COc1cc(C(=O)N2CCN(c3ccnc(N4CCCCC4)n3)CC2)ccn1. The molecule has 2 aromatic heterocycles. The van der Waals surface area contributed by atoms with Crippen molar-refractivity contribution in [2.75, 3.05) is 56.2 Å². The predicted molar refractivity (Wildman–Crippen MR) is 107 cm³/mol. The van der Waals surface area contributed by atoms with Gasteiger partial charge in [-0.2, -0.15) is 4.98 Å². The highest BCUT2D eigenvalue weighted by Gasteiger charge is 2.24. The van der Waals surface area contributed by atoms with Gasteiger partial charge in [0.2, 0.25) is 11.8 Å². The van der Waals surface area contributed by atoms with Crippen LogP contribution in [0.25, 0.3) is 0 Å². The summed E-state index contributed by atoms with van der Waals surface area (Å²) in [6.45, 7) is 4.89. The Balaban J connectivity index is 1.39. The zero-order valence-electron chi connectivity index (χ0n) is 16.3. The Hall–Kier alpha value is -2.90. The van der Waals surface area contributed by atoms with E-state index in [0.29, 0.717) is 24.5 Å². The van der Waals surface area contributed by atoms with Gasteiger partial charge in [-0.1, -0.05) is 0 Å². The van der Waals surface area contributed by atoms with Crippen LogP contribution in [0.5, 0.6) is 5.88 Å². The first-order chi connectivity index (χ1) is 13.7. The number of hydrogen-bond donors (Lipinski definition) is 0. The van der Waals surface area contributed by atoms with Gasteiger partial charge in [0, 0.05) is 63.3 Å². The van der Waals surface area contributed by atoms with Crippen molar-refractivity contribution in [3.05, 3.63) is 36.2 Å². The third-order valence-electron chi connectivity index (χ3n) is 5.35. The normalized spacial score (nSPS) is 17.5. The zero-order chi connectivity index (χ0) is 19.3. The topological polar surface area (TPSA) is 74.7 Å². The van der Waals surface area contributed by atoms with E-state index in [4.69, 9.17) is 9.72 Å². The third-order valence-corrected chi connectivity index (χ3v) is 5.35. The minimum absolute atomic E-state index is 0.0112. The van der Waals surface area contributed by atoms with Gasteiger partial charge in [-0.05, 0) is 31.4 Å². The molecule has 4 rings (SSSR count). The lowest BCUT2D eigenvalue weighted by Gasteiger charge is -2.36. The Morgan fingerprint density at radius 3 is 2.43 bits per heavy atom. The van der Waals surface area contributed by atoms with Crippen LogP contribution in [0.1, 0.15) is 29.6 Å². The summed E-state index contributed by atoms with van der Waals surface area (Å²) in [5, 5.41) is 0. The van der Waals surface area contributed by atoms with Crippen LogP contribution in [-0.2, 0) is 0 Å². The molecule has 0 unspecified atom stereocenters. The second-order valence-electron chi connectivity index (χ2n) is 7.13. The fourth-order valence-electron chi connectivity index (χ4n) is 3.74. The van der Waals surface area contributed by atoms with E-state index in [1.807, 2.05) is 17.2 Å². The van der Waals surface area contributed by atoms with E-state index in [9.17, 15) is 4.79 Å². The molecule has 148 valence electrons. The van der Waals surface area contributed by atoms with Crippen molar-refractivity contribution in [1.82, 2.24) is 19.9 Å². The van der Waals surface area contributed by atoms with E-state index in [1.165, 1.54) is 19.3 Å². The van der Waals surface area contributed by atoms with Crippen molar-refractivity contribution in [3.8, 4) is 5.88 Å². The second-order valence-corrected chi connectivity index (χ2v) is 7.13. The molecule has 0 atom stereocenters. The fraction of sp³-hybridized carbons (Fsp3) is 0.500. The molecule has 0 saturated carbocycles.